The molecule has 0 saturated heterocycles. The van der Waals surface area contributed by atoms with E-state index in [1.165, 1.54) is 11.3 Å². The van der Waals surface area contributed by atoms with Crippen LogP contribution in [-0.2, 0) is 9.53 Å². The van der Waals surface area contributed by atoms with Gasteiger partial charge in [-0.3, -0.25) is 4.79 Å². The number of nitrogens with one attached hydrogen (secondary N) is 1. The molecule has 0 radical (unpaired) electrons. The number of aromatic nitrogens is 3. The fraction of sp³-hybridized carbons (Fsp3) is 0.333. The van der Waals surface area contributed by atoms with E-state index in [0.717, 1.165) is 23.4 Å². The largest absolute Gasteiger partial charge is 0.464 e. The van der Waals surface area contributed by atoms with Crippen LogP contribution in [-0.4, -0.2) is 38.8 Å². The molecule has 7 nitrogen and oxygen atoms in total. The number of rotatable bonds is 6. The van der Waals surface area contributed by atoms with Crippen LogP contribution < -0.4 is 5.32 Å². The Hall–Kier alpha value is -3.00. The summed E-state index contributed by atoms with van der Waals surface area (Å²) in [6.07, 6.45) is 2.86. The molecule has 1 aromatic carbocycles. The number of esters is 1. The lowest BCUT2D eigenvalue weighted by Crippen LogP contribution is -2.53. The van der Waals surface area contributed by atoms with Gasteiger partial charge in [0, 0.05) is 0 Å². The molecule has 2 heterocycles. The van der Waals surface area contributed by atoms with Crippen molar-refractivity contribution in [3.63, 3.8) is 0 Å². The topological polar surface area (TPSA) is 86.1 Å². The normalized spacial score (nSPS) is 15.2. The van der Waals surface area contributed by atoms with Gasteiger partial charge in [0.1, 0.15) is 5.54 Å². The van der Waals surface area contributed by atoms with E-state index in [9.17, 15) is 9.59 Å². The molecule has 1 saturated carbocycles. The molecule has 1 aliphatic carbocycles. The molecule has 8 heteroatoms. The fourth-order valence-electron chi connectivity index (χ4n) is 3.62. The van der Waals surface area contributed by atoms with Crippen LogP contribution in [0.1, 0.15) is 43.2 Å². The second kappa shape index (κ2) is 8.16. The Morgan fingerprint density at radius 3 is 2.59 bits per heavy atom. The van der Waals surface area contributed by atoms with Crippen LogP contribution in [0, 0.1) is 0 Å². The summed E-state index contributed by atoms with van der Waals surface area (Å²) in [7, 11) is 0. The molecule has 4 rings (SSSR count). The maximum absolute atomic E-state index is 13.0. The highest BCUT2D eigenvalue weighted by molar-refractivity contribution is 7.13. The third-order valence-corrected chi connectivity index (χ3v) is 5.89. The van der Waals surface area contributed by atoms with Crippen LogP contribution in [0.15, 0.2) is 47.8 Å². The van der Waals surface area contributed by atoms with Gasteiger partial charge in [0.15, 0.2) is 5.82 Å². The molecule has 2 aromatic heterocycles. The molecule has 3 aromatic rings. The SMILES string of the molecule is CCOC(=O)C1(NC(=O)c2nc(-c3cccs3)n(-c3ccccc3)n2)CCCC1. The van der Waals surface area contributed by atoms with Crippen molar-refractivity contribution in [2.45, 2.75) is 38.1 Å². The first-order valence-electron chi connectivity index (χ1n) is 9.69. The molecule has 1 fully saturated rings. The van der Waals surface area contributed by atoms with Crippen LogP contribution in [0.25, 0.3) is 16.4 Å². The van der Waals surface area contributed by atoms with Gasteiger partial charge in [-0.2, -0.15) is 0 Å². The maximum Gasteiger partial charge on any atom is 0.331 e. The van der Waals surface area contributed by atoms with E-state index < -0.39 is 11.4 Å². The Balaban J connectivity index is 1.68. The summed E-state index contributed by atoms with van der Waals surface area (Å²) in [5.41, 5.74) is -0.183. The molecule has 1 aliphatic rings. The van der Waals surface area contributed by atoms with E-state index in [0.29, 0.717) is 18.7 Å². The van der Waals surface area contributed by atoms with Gasteiger partial charge in [-0.05, 0) is 43.3 Å². The maximum atomic E-state index is 13.0. The number of para-hydroxylation sites is 1. The lowest BCUT2D eigenvalue weighted by molar-refractivity contribution is -0.150. The predicted octanol–water partition coefficient (Wildman–Crippen LogP) is 3.60. The van der Waals surface area contributed by atoms with Crippen molar-refractivity contribution in [1.29, 1.82) is 0 Å². The standard InChI is InChI=1S/C21H22N4O3S/c1-2-28-20(27)21(12-6-7-13-21)23-19(26)17-22-18(16-11-8-14-29-16)25(24-17)15-9-4-3-5-10-15/h3-5,8-11,14H,2,6-7,12-13H2,1H3,(H,23,26). The van der Waals surface area contributed by atoms with Crippen LogP contribution >= 0.6 is 11.3 Å². The molecule has 1 N–H and O–H groups in total. The van der Waals surface area contributed by atoms with Crippen molar-refractivity contribution in [3.05, 3.63) is 53.7 Å². The summed E-state index contributed by atoms with van der Waals surface area (Å²) in [4.78, 5) is 31.0. The first-order chi connectivity index (χ1) is 14.1. The average molecular weight is 410 g/mol. The summed E-state index contributed by atoms with van der Waals surface area (Å²) in [5.74, 6) is -0.222. The number of ether oxygens (including phenoxy) is 1. The zero-order chi connectivity index (χ0) is 20.3. The van der Waals surface area contributed by atoms with Crippen LogP contribution in [0.5, 0.6) is 0 Å². The van der Waals surface area contributed by atoms with Gasteiger partial charge >= 0.3 is 5.97 Å². The average Bonchev–Trinajstić information content (AvgIpc) is 3.49. The summed E-state index contributed by atoms with van der Waals surface area (Å²) in [5, 5.41) is 9.30. The Kier molecular flexibility index (Phi) is 5.44. The van der Waals surface area contributed by atoms with E-state index in [1.54, 1.807) is 11.6 Å². The first kappa shape index (κ1) is 19.3. The van der Waals surface area contributed by atoms with Crippen LogP contribution in [0.2, 0.25) is 0 Å². The molecule has 0 aliphatic heterocycles. The fourth-order valence-corrected chi connectivity index (χ4v) is 4.32. The quantitative estimate of drug-likeness (QED) is 0.628. The van der Waals surface area contributed by atoms with Crippen molar-refractivity contribution in [3.8, 4) is 16.4 Å². The zero-order valence-electron chi connectivity index (χ0n) is 16.1. The number of carbonyl (C=O) groups is 2. The Bertz CT molecular complexity index is 992. The second-order valence-corrected chi connectivity index (χ2v) is 7.90. The monoisotopic (exact) mass is 410 g/mol. The highest BCUT2D eigenvalue weighted by atomic mass is 32.1. The van der Waals surface area contributed by atoms with E-state index in [-0.39, 0.29) is 18.4 Å². The molecule has 0 unspecified atom stereocenters. The molecular weight excluding hydrogens is 388 g/mol. The number of carbonyl (C=O) groups excluding carboxylic acids is 2. The minimum Gasteiger partial charge on any atom is -0.464 e. The number of thiophene rings is 1. The van der Waals surface area contributed by atoms with E-state index in [4.69, 9.17) is 4.74 Å². The van der Waals surface area contributed by atoms with Gasteiger partial charge < -0.3 is 10.1 Å². The lowest BCUT2D eigenvalue weighted by atomic mass is 9.97. The van der Waals surface area contributed by atoms with Crippen LogP contribution in [0.3, 0.4) is 0 Å². The van der Waals surface area contributed by atoms with Gasteiger partial charge in [-0.15, -0.1) is 16.4 Å². The van der Waals surface area contributed by atoms with Crippen molar-refractivity contribution >= 4 is 23.2 Å². The summed E-state index contributed by atoms with van der Waals surface area (Å²) < 4.78 is 6.88. The third kappa shape index (κ3) is 3.80. The van der Waals surface area contributed by atoms with Crippen LogP contribution in [0.4, 0.5) is 0 Å². The second-order valence-electron chi connectivity index (χ2n) is 6.95. The number of benzene rings is 1. The zero-order valence-corrected chi connectivity index (χ0v) is 16.9. The van der Waals surface area contributed by atoms with E-state index in [2.05, 4.69) is 15.4 Å². The minimum absolute atomic E-state index is 0.0350. The minimum atomic E-state index is -0.992. The Morgan fingerprint density at radius 1 is 1.17 bits per heavy atom. The van der Waals surface area contributed by atoms with Gasteiger partial charge in [0.25, 0.3) is 5.91 Å². The van der Waals surface area contributed by atoms with Gasteiger partial charge in [-0.25, -0.2) is 14.5 Å². The summed E-state index contributed by atoms with van der Waals surface area (Å²) in [6, 6.07) is 13.4. The number of amides is 1. The predicted molar refractivity (Wildman–Crippen MR) is 110 cm³/mol. The smallest absolute Gasteiger partial charge is 0.331 e. The number of hydrogen-bond acceptors (Lipinski definition) is 6. The molecule has 150 valence electrons. The molecule has 0 atom stereocenters. The lowest BCUT2D eigenvalue weighted by Gasteiger charge is -2.27. The van der Waals surface area contributed by atoms with Crippen molar-refractivity contribution in [1.82, 2.24) is 20.1 Å². The molecule has 29 heavy (non-hydrogen) atoms. The van der Waals surface area contributed by atoms with Crippen molar-refractivity contribution in [2.24, 2.45) is 0 Å². The summed E-state index contributed by atoms with van der Waals surface area (Å²) in [6.45, 7) is 2.04. The molecule has 1 amide bonds. The number of nitrogens with zero attached hydrogens (tertiary/aromatic N) is 3. The van der Waals surface area contributed by atoms with E-state index in [1.807, 2.05) is 47.8 Å². The highest BCUT2D eigenvalue weighted by Crippen LogP contribution is 2.31. The molecular formula is C21H22N4O3S. The van der Waals surface area contributed by atoms with E-state index >= 15 is 0 Å². The molecule has 0 bridgehead atoms. The van der Waals surface area contributed by atoms with Gasteiger partial charge in [0.05, 0.1) is 17.2 Å². The third-order valence-electron chi connectivity index (χ3n) is 5.03. The Labute approximate surface area is 172 Å². The first-order valence-corrected chi connectivity index (χ1v) is 10.6. The highest BCUT2D eigenvalue weighted by Gasteiger charge is 2.44. The van der Waals surface area contributed by atoms with Crippen molar-refractivity contribution < 1.29 is 14.3 Å². The molecule has 0 spiro atoms. The number of hydrogen-bond donors (Lipinski definition) is 1. The Morgan fingerprint density at radius 2 is 1.93 bits per heavy atom. The van der Waals surface area contributed by atoms with Gasteiger partial charge in [0.2, 0.25) is 5.82 Å². The van der Waals surface area contributed by atoms with Gasteiger partial charge in [-0.1, -0.05) is 37.1 Å². The van der Waals surface area contributed by atoms with Crippen molar-refractivity contribution in [2.75, 3.05) is 6.61 Å². The summed E-state index contributed by atoms with van der Waals surface area (Å²) >= 11 is 1.52.